The van der Waals surface area contributed by atoms with Crippen LogP contribution >= 0.6 is 11.6 Å². The van der Waals surface area contributed by atoms with E-state index in [9.17, 15) is 8.42 Å². The smallest absolute Gasteiger partial charge is 0.279 e. The number of hydrogen-bond donors (Lipinski definition) is 1. The fourth-order valence-corrected chi connectivity index (χ4v) is 3.13. The Morgan fingerprint density at radius 1 is 1.47 bits per heavy atom. The first-order chi connectivity index (χ1) is 7.10. The van der Waals surface area contributed by atoms with E-state index in [1.165, 1.54) is 4.31 Å². The number of alkyl halides is 1. The summed E-state index contributed by atoms with van der Waals surface area (Å²) in [6, 6.07) is -0.195. The van der Waals surface area contributed by atoms with Crippen molar-refractivity contribution in [2.24, 2.45) is 0 Å². The van der Waals surface area contributed by atoms with Crippen LogP contribution in [0.25, 0.3) is 0 Å². The van der Waals surface area contributed by atoms with E-state index in [-0.39, 0.29) is 6.04 Å². The zero-order valence-corrected chi connectivity index (χ0v) is 10.4. The van der Waals surface area contributed by atoms with Gasteiger partial charge < -0.3 is 4.74 Å². The first kappa shape index (κ1) is 13.2. The molecular weight excluding hydrogens is 240 g/mol. The Kier molecular flexibility index (Phi) is 5.28. The highest BCUT2D eigenvalue weighted by atomic mass is 35.5. The summed E-state index contributed by atoms with van der Waals surface area (Å²) >= 11 is 5.64. The van der Waals surface area contributed by atoms with Gasteiger partial charge in [-0.1, -0.05) is 6.92 Å². The highest BCUT2D eigenvalue weighted by molar-refractivity contribution is 7.87. The van der Waals surface area contributed by atoms with Crippen LogP contribution in [-0.2, 0) is 14.9 Å². The number of halogens is 1. The van der Waals surface area contributed by atoms with Gasteiger partial charge in [0, 0.05) is 25.0 Å². The number of hydrogen-bond acceptors (Lipinski definition) is 3. The third-order valence-electron chi connectivity index (χ3n) is 2.30. The van der Waals surface area contributed by atoms with Gasteiger partial charge in [-0.3, -0.25) is 0 Å². The van der Waals surface area contributed by atoms with Crippen LogP contribution in [0.15, 0.2) is 0 Å². The maximum absolute atomic E-state index is 11.8. The molecule has 90 valence electrons. The predicted octanol–water partition coefficient (Wildman–Crippen LogP) is 0.170. The predicted molar refractivity (Wildman–Crippen MR) is 59.2 cm³/mol. The Balaban J connectivity index is 2.56. The summed E-state index contributed by atoms with van der Waals surface area (Å²) in [7, 11) is -3.39. The zero-order chi connectivity index (χ0) is 11.3. The standard InChI is InChI=1S/C8H17ClN2O3S/c1-2-8(7-9)10-15(12,13)11-3-5-14-6-4-11/h8,10H,2-7H2,1H3. The molecule has 1 aliphatic rings. The van der Waals surface area contributed by atoms with Gasteiger partial charge in [-0.15, -0.1) is 11.6 Å². The molecule has 5 nitrogen and oxygen atoms in total. The van der Waals surface area contributed by atoms with Gasteiger partial charge in [0.25, 0.3) is 10.2 Å². The largest absolute Gasteiger partial charge is 0.379 e. The van der Waals surface area contributed by atoms with Crippen molar-refractivity contribution < 1.29 is 13.2 Å². The van der Waals surface area contributed by atoms with Crippen molar-refractivity contribution >= 4 is 21.8 Å². The van der Waals surface area contributed by atoms with E-state index >= 15 is 0 Å². The summed E-state index contributed by atoms with van der Waals surface area (Å²) in [6.07, 6.45) is 0.688. The zero-order valence-electron chi connectivity index (χ0n) is 8.78. The van der Waals surface area contributed by atoms with Crippen LogP contribution < -0.4 is 4.72 Å². The summed E-state index contributed by atoms with van der Waals surface area (Å²) in [5.41, 5.74) is 0. The quantitative estimate of drug-likeness (QED) is 0.714. The molecule has 0 aromatic heterocycles. The van der Waals surface area contributed by atoms with E-state index < -0.39 is 10.2 Å². The molecule has 1 unspecified atom stereocenters. The Bertz CT molecular complexity index is 274. The Morgan fingerprint density at radius 3 is 2.53 bits per heavy atom. The van der Waals surface area contributed by atoms with Crippen LogP contribution in [0.3, 0.4) is 0 Å². The van der Waals surface area contributed by atoms with Crippen molar-refractivity contribution in [3.05, 3.63) is 0 Å². The molecule has 0 spiro atoms. The molecule has 1 aliphatic heterocycles. The van der Waals surface area contributed by atoms with Crippen LogP contribution in [0.2, 0.25) is 0 Å². The van der Waals surface area contributed by atoms with Crippen LogP contribution in [-0.4, -0.2) is 50.9 Å². The second-order valence-corrected chi connectivity index (χ2v) is 5.40. The van der Waals surface area contributed by atoms with Gasteiger partial charge in [0.15, 0.2) is 0 Å². The van der Waals surface area contributed by atoms with Crippen molar-refractivity contribution in [1.29, 1.82) is 0 Å². The fraction of sp³-hybridized carbons (Fsp3) is 1.00. The summed E-state index contributed by atoms with van der Waals surface area (Å²) in [5.74, 6) is 0.292. The summed E-state index contributed by atoms with van der Waals surface area (Å²) in [6.45, 7) is 3.63. The molecule has 1 fully saturated rings. The van der Waals surface area contributed by atoms with Crippen LogP contribution in [0, 0.1) is 0 Å². The normalized spacial score (nSPS) is 21.5. The highest BCUT2D eigenvalue weighted by Gasteiger charge is 2.25. The molecule has 1 N–H and O–H groups in total. The lowest BCUT2D eigenvalue weighted by molar-refractivity contribution is 0.0723. The molecule has 1 saturated heterocycles. The maximum atomic E-state index is 11.8. The van der Waals surface area contributed by atoms with Crippen molar-refractivity contribution in [3.8, 4) is 0 Å². The molecule has 0 aliphatic carbocycles. The number of morpholine rings is 1. The van der Waals surface area contributed by atoms with E-state index in [0.717, 1.165) is 0 Å². The molecule has 0 amide bonds. The van der Waals surface area contributed by atoms with E-state index in [4.69, 9.17) is 16.3 Å². The van der Waals surface area contributed by atoms with Gasteiger partial charge >= 0.3 is 0 Å². The molecule has 0 aromatic carbocycles. The molecule has 1 heterocycles. The Labute approximate surface area is 95.9 Å². The van der Waals surface area contributed by atoms with Crippen LogP contribution in [0.5, 0.6) is 0 Å². The third-order valence-corrected chi connectivity index (χ3v) is 4.35. The van der Waals surface area contributed by atoms with Gasteiger partial charge in [-0.05, 0) is 6.42 Å². The van der Waals surface area contributed by atoms with Crippen molar-refractivity contribution in [3.63, 3.8) is 0 Å². The second kappa shape index (κ2) is 6.00. The molecule has 7 heteroatoms. The third kappa shape index (κ3) is 3.88. The summed E-state index contributed by atoms with van der Waals surface area (Å²) in [5, 5.41) is 0. The average Bonchev–Trinajstić information content (AvgIpc) is 2.27. The van der Waals surface area contributed by atoms with Crippen molar-refractivity contribution in [2.75, 3.05) is 32.2 Å². The van der Waals surface area contributed by atoms with E-state index in [2.05, 4.69) is 4.72 Å². The topological polar surface area (TPSA) is 58.6 Å². The Hall–Kier alpha value is 0.120. The van der Waals surface area contributed by atoms with Gasteiger partial charge in [0.2, 0.25) is 0 Å². The summed E-state index contributed by atoms with van der Waals surface area (Å²) in [4.78, 5) is 0. The van der Waals surface area contributed by atoms with E-state index in [1.807, 2.05) is 6.92 Å². The lowest BCUT2D eigenvalue weighted by Gasteiger charge is -2.27. The first-order valence-electron chi connectivity index (χ1n) is 5.01. The maximum Gasteiger partial charge on any atom is 0.279 e. The Morgan fingerprint density at radius 2 is 2.07 bits per heavy atom. The van der Waals surface area contributed by atoms with Crippen LogP contribution in [0.4, 0.5) is 0 Å². The molecular formula is C8H17ClN2O3S. The van der Waals surface area contributed by atoms with Crippen LogP contribution in [0.1, 0.15) is 13.3 Å². The fourth-order valence-electron chi connectivity index (χ4n) is 1.30. The molecule has 0 bridgehead atoms. The number of nitrogens with zero attached hydrogens (tertiary/aromatic N) is 1. The van der Waals surface area contributed by atoms with Crippen molar-refractivity contribution in [1.82, 2.24) is 9.03 Å². The minimum Gasteiger partial charge on any atom is -0.379 e. The molecule has 15 heavy (non-hydrogen) atoms. The average molecular weight is 257 g/mol. The van der Waals surface area contributed by atoms with E-state index in [0.29, 0.717) is 38.6 Å². The second-order valence-electron chi connectivity index (χ2n) is 3.39. The van der Waals surface area contributed by atoms with Gasteiger partial charge in [-0.2, -0.15) is 17.4 Å². The lowest BCUT2D eigenvalue weighted by Crippen LogP contribution is -2.49. The monoisotopic (exact) mass is 256 g/mol. The summed E-state index contributed by atoms with van der Waals surface area (Å²) < 4.78 is 32.7. The molecule has 1 atom stereocenters. The highest BCUT2D eigenvalue weighted by Crippen LogP contribution is 2.05. The number of nitrogens with one attached hydrogen (secondary N) is 1. The van der Waals surface area contributed by atoms with E-state index in [1.54, 1.807) is 0 Å². The molecule has 1 rings (SSSR count). The molecule has 0 aromatic rings. The number of rotatable bonds is 5. The minimum atomic E-state index is -3.39. The lowest BCUT2D eigenvalue weighted by atomic mass is 10.3. The number of ether oxygens (including phenoxy) is 1. The molecule has 0 saturated carbocycles. The minimum absolute atomic E-state index is 0.195. The first-order valence-corrected chi connectivity index (χ1v) is 6.98. The van der Waals surface area contributed by atoms with Gasteiger partial charge in [-0.25, -0.2) is 0 Å². The van der Waals surface area contributed by atoms with Gasteiger partial charge in [0.1, 0.15) is 0 Å². The van der Waals surface area contributed by atoms with Crippen molar-refractivity contribution in [2.45, 2.75) is 19.4 Å². The van der Waals surface area contributed by atoms with Gasteiger partial charge in [0.05, 0.1) is 13.2 Å². The molecule has 0 radical (unpaired) electrons. The SMILES string of the molecule is CCC(CCl)NS(=O)(=O)N1CCOCC1.